The van der Waals surface area contributed by atoms with E-state index in [9.17, 15) is 9.90 Å². The van der Waals surface area contributed by atoms with E-state index in [1.807, 2.05) is 13.8 Å². The second-order valence-electron chi connectivity index (χ2n) is 3.95. The van der Waals surface area contributed by atoms with Crippen molar-refractivity contribution < 1.29 is 9.90 Å². The van der Waals surface area contributed by atoms with Crippen LogP contribution in [0, 0.1) is 17.8 Å². The molecule has 16 heavy (non-hydrogen) atoms. The Morgan fingerprint density at radius 2 is 2.06 bits per heavy atom. The Morgan fingerprint density at radius 3 is 2.50 bits per heavy atom. The molecule has 0 heterocycles. The Labute approximate surface area is 97.8 Å². The van der Waals surface area contributed by atoms with E-state index in [0.29, 0.717) is 13.1 Å². The normalized spacial score (nSPS) is 10.9. The van der Waals surface area contributed by atoms with Gasteiger partial charge in [-0.1, -0.05) is 19.8 Å². The monoisotopic (exact) mass is 226 g/mol. The first-order chi connectivity index (χ1) is 7.64. The molecule has 92 valence electrons. The largest absolute Gasteiger partial charge is 0.396 e. The Kier molecular flexibility index (Phi) is 7.61. The molecule has 0 aromatic rings. The lowest BCUT2D eigenvalue weighted by molar-refractivity contribution is -0.120. The van der Waals surface area contributed by atoms with Gasteiger partial charge in [0.1, 0.15) is 0 Å². The second kappa shape index (κ2) is 8.14. The third-order valence-electron chi connectivity index (χ3n) is 3.01. The second-order valence-corrected chi connectivity index (χ2v) is 3.95. The summed E-state index contributed by atoms with van der Waals surface area (Å²) in [7, 11) is 0. The van der Waals surface area contributed by atoms with Crippen LogP contribution in [0.4, 0.5) is 0 Å². The van der Waals surface area contributed by atoms with Crippen molar-refractivity contribution in [1.29, 1.82) is 0 Å². The van der Waals surface area contributed by atoms with Gasteiger partial charge in [0, 0.05) is 12.0 Å². The molecule has 0 aliphatic carbocycles. The van der Waals surface area contributed by atoms with Crippen LogP contribution in [0.2, 0.25) is 0 Å². The van der Waals surface area contributed by atoms with Crippen LogP contribution >= 0.6 is 0 Å². The maximum absolute atomic E-state index is 11.4. The highest BCUT2D eigenvalue weighted by molar-refractivity contribution is 5.78. The number of hydrogen-bond acceptors (Lipinski definition) is 3. The van der Waals surface area contributed by atoms with Gasteiger partial charge in [-0.15, -0.1) is 6.42 Å². The molecular formula is C12H22N2O2. The third kappa shape index (κ3) is 5.15. The van der Waals surface area contributed by atoms with Gasteiger partial charge in [-0.2, -0.15) is 0 Å². The summed E-state index contributed by atoms with van der Waals surface area (Å²) in [5.74, 6) is 2.31. The Morgan fingerprint density at radius 1 is 1.44 bits per heavy atom. The summed E-state index contributed by atoms with van der Waals surface area (Å²) in [6, 6.07) is 0. The van der Waals surface area contributed by atoms with Crippen molar-refractivity contribution in [3.8, 4) is 12.3 Å². The molecule has 0 aromatic carbocycles. The number of nitrogens with one attached hydrogen (secondary N) is 2. The van der Waals surface area contributed by atoms with Crippen molar-refractivity contribution in [3.63, 3.8) is 0 Å². The highest BCUT2D eigenvalue weighted by atomic mass is 16.3. The standard InChI is InChI=1S/C12H22N2O2/c1-4-7-13-8-11(16)14-9-12(5-2,6-3)10-15/h1,13,15H,5-10H2,2-3H3,(H,14,16). The first kappa shape index (κ1) is 14.9. The molecule has 0 radical (unpaired) electrons. The molecule has 0 fully saturated rings. The third-order valence-corrected chi connectivity index (χ3v) is 3.01. The first-order valence-corrected chi connectivity index (χ1v) is 5.66. The van der Waals surface area contributed by atoms with Gasteiger partial charge in [-0.05, 0) is 12.8 Å². The fourth-order valence-electron chi connectivity index (χ4n) is 1.38. The predicted octanol–water partition coefficient (Wildman–Crippen LogP) is 0.124. The molecule has 0 atom stereocenters. The molecule has 1 amide bonds. The smallest absolute Gasteiger partial charge is 0.234 e. The van der Waals surface area contributed by atoms with E-state index in [0.717, 1.165) is 12.8 Å². The average molecular weight is 226 g/mol. The molecule has 0 unspecified atom stereocenters. The number of amides is 1. The van der Waals surface area contributed by atoms with Gasteiger partial charge in [-0.25, -0.2) is 0 Å². The van der Waals surface area contributed by atoms with Gasteiger partial charge in [0.15, 0.2) is 0 Å². The minimum absolute atomic E-state index is 0.0880. The topological polar surface area (TPSA) is 61.4 Å². The molecule has 0 aromatic heterocycles. The van der Waals surface area contributed by atoms with E-state index in [1.54, 1.807) is 0 Å². The van der Waals surface area contributed by atoms with Crippen LogP contribution in [0.5, 0.6) is 0 Å². The predicted molar refractivity (Wildman–Crippen MR) is 64.8 cm³/mol. The van der Waals surface area contributed by atoms with E-state index >= 15 is 0 Å². The van der Waals surface area contributed by atoms with Gasteiger partial charge in [0.25, 0.3) is 0 Å². The zero-order valence-corrected chi connectivity index (χ0v) is 10.2. The number of aliphatic hydroxyl groups excluding tert-OH is 1. The van der Waals surface area contributed by atoms with Crippen LogP contribution in [-0.2, 0) is 4.79 Å². The summed E-state index contributed by atoms with van der Waals surface area (Å²) in [4.78, 5) is 11.4. The summed E-state index contributed by atoms with van der Waals surface area (Å²) in [5, 5.41) is 14.9. The van der Waals surface area contributed by atoms with E-state index in [2.05, 4.69) is 16.6 Å². The van der Waals surface area contributed by atoms with Crippen LogP contribution in [0.25, 0.3) is 0 Å². The van der Waals surface area contributed by atoms with Crippen LogP contribution in [-0.4, -0.2) is 37.3 Å². The molecule has 0 bridgehead atoms. The van der Waals surface area contributed by atoms with Gasteiger partial charge in [0.05, 0.1) is 19.7 Å². The van der Waals surface area contributed by atoms with Crippen molar-refractivity contribution in [2.45, 2.75) is 26.7 Å². The summed E-state index contributed by atoms with van der Waals surface area (Å²) in [6.07, 6.45) is 6.74. The number of rotatable bonds is 8. The fourth-order valence-corrected chi connectivity index (χ4v) is 1.38. The maximum atomic E-state index is 11.4. The lowest BCUT2D eigenvalue weighted by Gasteiger charge is -2.29. The number of carbonyl (C=O) groups is 1. The van der Waals surface area contributed by atoms with Crippen LogP contribution in [0.1, 0.15) is 26.7 Å². The molecular weight excluding hydrogens is 204 g/mol. The Balaban J connectivity index is 3.93. The zero-order chi connectivity index (χ0) is 12.4. The Hall–Kier alpha value is -1.05. The quantitative estimate of drug-likeness (QED) is 0.407. The van der Waals surface area contributed by atoms with Gasteiger partial charge in [0.2, 0.25) is 5.91 Å². The fraction of sp³-hybridized carbons (Fsp3) is 0.750. The van der Waals surface area contributed by atoms with E-state index in [1.165, 1.54) is 0 Å². The van der Waals surface area contributed by atoms with Gasteiger partial charge in [-0.3, -0.25) is 10.1 Å². The minimum atomic E-state index is -0.193. The zero-order valence-electron chi connectivity index (χ0n) is 10.2. The molecule has 0 rings (SSSR count). The summed E-state index contributed by atoms with van der Waals surface area (Å²) < 4.78 is 0. The SMILES string of the molecule is C#CCNCC(=O)NCC(CC)(CC)CO. The summed E-state index contributed by atoms with van der Waals surface area (Å²) in [5.41, 5.74) is -0.193. The van der Waals surface area contributed by atoms with Crippen molar-refractivity contribution in [2.24, 2.45) is 5.41 Å². The first-order valence-electron chi connectivity index (χ1n) is 5.66. The van der Waals surface area contributed by atoms with Crippen molar-refractivity contribution in [2.75, 3.05) is 26.2 Å². The molecule has 4 heteroatoms. The molecule has 0 saturated heterocycles. The molecule has 3 N–H and O–H groups in total. The van der Waals surface area contributed by atoms with Crippen LogP contribution in [0.3, 0.4) is 0 Å². The molecule has 0 spiro atoms. The minimum Gasteiger partial charge on any atom is -0.396 e. The number of terminal acetylenes is 1. The van der Waals surface area contributed by atoms with Crippen LogP contribution in [0.15, 0.2) is 0 Å². The molecule has 0 aliphatic heterocycles. The van der Waals surface area contributed by atoms with Gasteiger partial charge >= 0.3 is 0 Å². The van der Waals surface area contributed by atoms with E-state index in [4.69, 9.17) is 6.42 Å². The Bertz CT molecular complexity index is 234. The number of hydrogen-bond donors (Lipinski definition) is 3. The van der Waals surface area contributed by atoms with Crippen molar-refractivity contribution >= 4 is 5.91 Å². The lowest BCUT2D eigenvalue weighted by Crippen LogP contribution is -2.42. The summed E-state index contributed by atoms with van der Waals surface area (Å²) in [6.45, 7) is 5.25. The molecule has 4 nitrogen and oxygen atoms in total. The maximum Gasteiger partial charge on any atom is 0.234 e. The highest BCUT2D eigenvalue weighted by Gasteiger charge is 2.25. The highest BCUT2D eigenvalue weighted by Crippen LogP contribution is 2.24. The van der Waals surface area contributed by atoms with E-state index in [-0.39, 0.29) is 24.5 Å². The van der Waals surface area contributed by atoms with Gasteiger partial charge < -0.3 is 10.4 Å². The van der Waals surface area contributed by atoms with Crippen LogP contribution < -0.4 is 10.6 Å². The lowest BCUT2D eigenvalue weighted by atomic mass is 9.83. The number of carbonyl (C=O) groups excluding carboxylic acids is 1. The molecule has 0 aliphatic rings. The molecule has 0 saturated carbocycles. The number of aliphatic hydroxyl groups is 1. The summed E-state index contributed by atoms with van der Waals surface area (Å²) >= 11 is 0. The van der Waals surface area contributed by atoms with Crippen molar-refractivity contribution in [3.05, 3.63) is 0 Å². The van der Waals surface area contributed by atoms with Crippen molar-refractivity contribution in [1.82, 2.24) is 10.6 Å². The average Bonchev–Trinajstić information content (AvgIpc) is 2.32. The van der Waals surface area contributed by atoms with E-state index < -0.39 is 0 Å².